The molecule has 16 nitrogen and oxygen atoms in total. The Morgan fingerprint density at radius 1 is 0.688 bits per heavy atom. The molecule has 100 valence electrons. The minimum Gasteiger partial charge on any atom is -0.328 e. The van der Waals surface area contributed by atoms with Crippen molar-refractivity contribution in [1.82, 2.24) is 0 Å². The highest BCUT2D eigenvalue weighted by Crippen LogP contribution is 1.39. The van der Waals surface area contributed by atoms with Crippen molar-refractivity contribution in [2.24, 2.45) is 17.6 Å². The zero-order chi connectivity index (χ0) is 14.7. The fourth-order valence-electron chi connectivity index (χ4n) is 0. The van der Waals surface area contributed by atoms with E-state index < -0.39 is 15.3 Å². The molecule has 0 rings (SSSR count). The lowest BCUT2D eigenvalue weighted by molar-refractivity contribution is -0.742. The Hall–Kier alpha value is -2.56. The molecule has 0 bridgehead atoms. The Morgan fingerprint density at radius 2 is 0.688 bits per heavy atom. The van der Waals surface area contributed by atoms with Crippen LogP contribution in [0.2, 0.25) is 0 Å². The van der Waals surface area contributed by atoms with Gasteiger partial charge in [-0.2, -0.15) is 0 Å². The maximum Gasteiger partial charge on any atom is 0.291 e. The summed E-state index contributed by atoms with van der Waals surface area (Å²) < 4.78 is 0. The quantitative estimate of drug-likeness (QED) is 0.130. The lowest BCUT2D eigenvalue weighted by Gasteiger charge is -1.56. The minimum atomic E-state index is -1.50. The molecule has 10 N–H and O–H groups in total. The molecular weight excluding hydrogens is 244 g/mol. The summed E-state index contributed by atoms with van der Waals surface area (Å²) in [6.45, 7) is 0. The summed E-state index contributed by atoms with van der Waals surface area (Å²) in [5.74, 6) is 11.5. The van der Waals surface area contributed by atoms with Crippen molar-refractivity contribution < 1.29 is 36.1 Å². The Bertz CT molecular complexity index is 113. The van der Waals surface area contributed by atoms with Crippen LogP contribution in [0.15, 0.2) is 0 Å². The summed E-state index contributed by atoms with van der Waals surface area (Å²) in [6.07, 6.45) is 0. The zero-order valence-electron chi connectivity index (χ0n) is 7.31. The molecule has 0 spiro atoms. The van der Waals surface area contributed by atoms with Crippen LogP contribution in [-0.4, -0.2) is 36.1 Å². The second-order valence-electron chi connectivity index (χ2n) is 0.714. The van der Waals surface area contributed by atoms with Gasteiger partial charge in [0.2, 0.25) is 0 Å². The molecule has 0 radical (unpaired) electrons. The van der Waals surface area contributed by atoms with E-state index in [4.69, 9.17) is 51.2 Å². The summed E-state index contributed by atoms with van der Waals surface area (Å²) in [6, 6.07) is 0. The van der Waals surface area contributed by atoms with Crippen LogP contribution in [0, 0.1) is 30.3 Å². The number of hydrazine groups is 1. The van der Waals surface area contributed by atoms with Crippen LogP contribution >= 0.6 is 0 Å². The number of hydrogen-bond acceptors (Lipinski definition) is 10. The first kappa shape index (κ1) is 29.2. The van der Waals surface area contributed by atoms with Gasteiger partial charge in [0, 0.05) is 0 Å². The molecule has 16 heteroatoms. The lowest BCUT2D eigenvalue weighted by Crippen LogP contribution is -2.02. The Kier molecular flexibility index (Phi) is 71.6. The van der Waals surface area contributed by atoms with Crippen LogP contribution in [0.3, 0.4) is 0 Å². The predicted molar refractivity (Wildman–Crippen MR) is 40.7 cm³/mol. The number of rotatable bonds is 0. The zero-order valence-corrected chi connectivity index (χ0v) is 7.31. The van der Waals surface area contributed by atoms with Crippen LogP contribution in [0.5, 0.6) is 0 Å². The molecule has 0 amide bonds. The summed E-state index contributed by atoms with van der Waals surface area (Å²) in [5.41, 5.74) is 0. The normalized spacial score (nSPS) is 5.25. The van der Waals surface area contributed by atoms with Crippen LogP contribution in [0.25, 0.3) is 0 Å². The summed E-state index contributed by atoms with van der Waals surface area (Å²) in [4.78, 5) is 25.1. The SMILES string of the molecule is NN.NO.O=[N+]([O-])O.O=[N+]([O-])O.O=[N+]([O-])O. The largest absolute Gasteiger partial charge is 0.328 e. The predicted octanol–water partition coefficient (Wildman–Crippen LogP) is -2.89. The molecule has 0 heterocycles. The molecule has 0 fully saturated rings. The fraction of sp³-hybridized carbons (Fsp3) is 0. The maximum absolute atomic E-state index is 8.36. The summed E-state index contributed by atoms with van der Waals surface area (Å²) in [7, 11) is 0. The average molecular weight is 254 g/mol. The van der Waals surface area contributed by atoms with Gasteiger partial charge < -0.3 is 20.8 Å². The van der Waals surface area contributed by atoms with Crippen molar-refractivity contribution >= 4 is 0 Å². The average Bonchev–Trinajstić information content (AvgIpc) is 2.07. The minimum absolute atomic E-state index is 1.50. The van der Waals surface area contributed by atoms with Gasteiger partial charge in [-0.3, -0.25) is 11.7 Å². The summed E-state index contributed by atoms with van der Waals surface area (Å²) in [5, 5.41) is 47.4. The van der Waals surface area contributed by atoms with E-state index in [1.807, 2.05) is 0 Å². The van der Waals surface area contributed by atoms with Crippen LogP contribution in [0.1, 0.15) is 0 Å². The van der Waals surface area contributed by atoms with Gasteiger partial charge in [0.05, 0.1) is 0 Å². The van der Waals surface area contributed by atoms with E-state index in [9.17, 15) is 0 Å². The van der Waals surface area contributed by atoms with Crippen LogP contribution < -0.4 is 17.6 Å². The van der Waals surface area contributed by atoms with E-state index in [0.29, 0.717) is 0 Å². The van der Waals surface area contributed by atoms with Gasteiger partial charge >= 0.3 is 0 Å². The molecule has 0 aromatic rings. The van der Waals surface area contributed by atoms with Gasteiger partial charge in [-0.1, -0.05) is 0 Å². The van der Waals surface area contributed by atoms with E-state index >= 15 is 0 Å². The van der Waals surface area contributed by atoms with Crippen molar-refractivity contribution in [2.45, 2.75) is 0 Å². The highest BCUT2D eigenvalue weighted by Gasteiger charge is 1.66. The molecule has 0 aliphatic carbocycles. The van der Waals surface area contributed by atoms with Gasteiger partial charge in [-0.05, 0) is 0 Å². The molecule has 16 heavy (non-hydrogen) atoms. The molecule has 0 aliphatic heterocycles. The third-order valence-corrected chi connectivity index (χ3v) is 0. The van der Waals surface area contributed by atoms with E-state index in [1.54, 1.807) is 0 Å². The van der Waals surface area contributed by atoms with Crippen molar-refractivity contribution in [2.75, 3.05) is 0 Å². The third kappa shape index (κ3) is 190. The smallest absolute Gasteiger partial charge is 0.291 e. The first-order chi connectivity index (χ1) is 7.20. The van der Waals surface area contributed by atoms with Gasteiger partial charge in [-0.25, -0.2) is 5.90 Å². The lowest BCUT2D eigenvalue weighted by atomic mass is 13.0. The second-order valence-corrected chi connectivity index (χ2v) is 0.714. The van der Waals surface area contributed by atoms with Gasteiger partial charge in [-0.15, -0.1) is 30.3 Å². The van der Waals surface area contributed by atoms with Crippen molar-refractivity contribution in [3.8, 4) is 0 Å². The van der Waals surface area contributed by atoms with Gasteiger partial charge in [0.25, 0.3) is 15.3 Å². The molecule has 0 aliphatic rings. The Balaban J connectivity index is -0.0000000327. The van der Waals surface area contributed by atoms with Crippen molar-refractivity contribution in [3.63, 3.8) is 0 Å². The Labute approximate surface area is 85.3 Å². The molecular formula is H10N6O10. The number of nitrogens with two attached hydrogens (primary N) is 3. The standard InChI is InChI=1S/H4N2.3HNO3.H3NO/c1-2;3*2-1(3)4;1-2/h1-2H2;3*(H,2,3,4);2H,1H2. The topological polar surface area (TPSA) is 288 Å². The highest BCUT2D eigenvalue weighted by atomic mass is 16.9. The van der Waals surface area contributed by atoms with Crippen LogP contribution in [-0.2, 0) is 0 Å². The van der Waals surface area contributed by atoms with Gasteiger partial charge in [0.1, 0.15) is 0 Å². The third-order valence-electron chi connectivity index (χ3n) is 0. The maximum atomic E-state index is 8.36. The fourth-order valence-corrected chi connectivity index (χ4v) is 0. The summed E-state index contributed by atoms with van der Waals surface area (Å²) >= 11 is 0. The first-order valence-electron chi connectivity index (χ1n) is 2.29. The van der Waals surface area contributed by atoms with E-state index in [-0.39, 0.29) is 0 Å². The van der Waals surface area contributed by atoms with Crippen molar-refractivity contribution in [3.05, 3.63) is 30.3 Å². The van der Waals surface area contributed by atoms with E-state index in [1.165, 1.54) is 0 Å². The second kappa shape index (κ2) is 39.3. The number of nitrogens with zero attached hydrogens (tertiary/aromatic N) is 3. The molecule has 0 aromatic heterocycles. The van der Waals surface area contributed by atoms with Crippen molar-refractivity contribution in [1.29, 1.82) is 0 Å². The molecule has 0 saturated heterocycles. The molecule has 0 aromatic carbocycles. The first-order valence-corrected chi connectivity index (χ1v) is 2.29. The Morgan fingerprint density at radius 3 is 0.688 bits per heavy atom. The van der Waals surface area contributed by atoms with E-state index in [2.05, 4.69) is 17.6 Å². The highest BCUT2D eigenvalue weighted by molar-refractivity contribution is 3.84. The molecule has 0 unspecified atom stereocenters. The van der Waals surface area contributed by atoms with E-state index in [0.717, 1.165) is 0 Å². The number of hydrogen-bond donors (Lipinski definition) is 7. The molecule has 0 atom stereocenters. The van der Waals surface area contributed by atoms with Crippen LogP contribution in [0.4, 0.5) is 0 Å². The monoisotopic (exact) mass is 254 g/mol. The molecule has 0 saturated carbocycles. The van der Waals surface area contributed by atoms with Gasteiger partial charge in [0.15, 0.2) is 0 Å².